The molecule has 0 radical (unpaired) electrons. The number of carbonyl (C=O) groups is 1. The fraction of sp³-hybridized carbons (Fsp3) is 0.278. The topological polar surface area (TPSA) is 66.5 Å². The zero-order chi connectivity index (χ0) is 18.0. The highest BCUT2D eigenvalue weighted by Gasteiger charge is 2.36. The third-order valence-corrected chi connectivity index (χ3v) is 6.16. The number of sulfonamides is 1. The average molecular weight is 362 g/mol. The van der Waals surface area contributed by atoms with Crippen molar-refractivity contribution >= 4 is 21.6 Å². The number of halogens is 1. The van der Waals surface area contributed by atoms with Crippen molar-refractivity contribution in [1.29, 1.82) is 0 Å². The molecule has 5 nitrogen and oxygen atoms in total. The van der Waals surface area contributed by atoms with E-state index in [1.165, 1.54) is 35.5 Å². The number of amides is 1. The van der Waals surface area contributed by atoms with Gasteiger partial charge in [0.05, 0.1) is 10.9 Å². The Morgan fingerprint density at radius 1 is 1.12 bits per heavy atom. The molecule has 0 aliphatic carbocycles. The van der Waals surface area contributed by atoms with Gasteiger partial charge in [0.1, 0.15) is 5.82 Å². The predicted molar refractivity (Wildman–Crippen MR) is 93.0 cm³/mol. The normalized spacial score (nSPS) is 18.2. The molecule has 1 heterocycles. The first-order valence-electron chi connectivity index (χ1n) is 8.03. The minimum atomic E-state index is -3.66. The van der Waals surface area contributed by atoms with E-state index < -0.39 is 10.0 Å². The third-order valence-electron chi connectivity index (χ3n) is 4.24. The van der Waals surface area contributed by atoms with Gasteiger partial charge in [0.2, 0.25) is 15.9 Å². The molecule has 7 heteroatoms. The maximum Gasteiger partial charge on any atom is 0.243 e. The van der Waals surface area contributed by atoms with E-state index in [1.54, 1.807) is 24.3 Å². The molecule has 1 amide bonds. The zero-order valence-electron chi connectivity index (χ0n) is 13.8. The minimum absolute atomic E-state index is 0.176. The highest BCUT2D eigenvalue weighted by atomic mass is 32.2. The summed E-state index contributed by atoms with van der Waals surface area (Å²) < 4.78 is 40.6. The molecule has 0 aromatic heterocycles. The van der Waals surface area contributed by atoms with Crippen molar-refractivity contribution in [3.8, 4) is 0 Å². The second-order valence-electron chi connectivity index (χ2n) is 6.03. The smallest absolute Gasteiger partial charge is 0.243 e. The molecule has 1 aliphatic rings. The number of hydrogen-bond acceptors (Lipinski definition) is 3. The lowest BCUT2D eigenvalue weighted by Gasteiger charge is -2.24. The number of hydrogen-bond donors (Lipinski definition) is 1. The lowest BCUT2D eigenvalue weighted by Crippen LogP contribution is -2.30. The van der Waals surface area contributed by atoms with Crippen LogP contribution in [-0.2, 0) is 14.8 Å². The molecule has 3 rings (SSSR count). The van der Waals surface area contributed by atoms with Crippen molar-refractivity contribution in [2.75, 3.05) is 11.9 Å². The summed E-state index contributed by atoms with van der Waals surface area (Å²) in [7, 11) is -3.66. The first-order chi connectivity index (χ1) is 11.9. The Balaban J connectivity index is 1.87. The van der Waals surface area contributed by atoms with Crippen LogP contribution < -0.4 is 5.32 Å². The summed E-state index contributed by atoms with van der Waals surface area (Å²) in [5, 5.41) is 2.61. The van der Waals surface area contributed by atoms with E-state index >= 15 is 0 Å². The van der Waals surface area contributed by atoms with E-state index in [2.05, 4.69) is 5.32 Å². The van der Waals surface area contributed by atoms with Crippen LogP contribution in [0.5, 0.6) is 0 Å². The number of anilines is 1. The van der Waals surface area contributed by atoms with Crippen LogP contribution in [0.4, 0.5) is 10.1 Å². The molecule has 1 fully saturated rings. The number of nitrogens with one attached hydrogen (secondary N) is 1. The second-order valence-corrected chi connectivity index (χ2v) is 7.92. The van der Waals surface area contributed by atoms with Crippen LogP contribution in [0, 0.1) is 5.82 Å². The van der Waals surface area contributed by atoms with Crippen LogP contribution >= 0.6 is 0 Å². The van der Waals surface area contributed by atoms with E-state index in [-0.39, 0.29) is 22.7 Å². The van der Waals surface area contributed by atoms with E-state index in [4.69, 9.17) is 0 Å². The summed E-state index contributed by atoms with van der Waals surface area (Å²) in [4.78, 5) is 11.2. The highest BCUT2D eigenvalue weighted by molar-refractivity contribution is 7.89. The molecular weight excluding hydrogens is 343 g/mol. The molecule has 1 N–H and O–H groups in total. The van der Waals surface area contributed by atoms with Gasteiger partial charge in [-0.2, -0.15) is 4.31 Å². The number of benzene rings is 2. The summed E-state index contributed by atoms with van der Waals surface area (Å²) in [6.45, 7) is 1.82. The van der Waals surface area contributed by atoms with Crippen molar-refractivity contribution in [2.45, 2.75) is 30.7 Å². The van der Waals surface area contributed by atoms with Crippen molar-refractivity contribution in [3.63, 3.8) is 0 Å². The third kappa shape index (κ3) is 3.72. The quantitative estimate of drug-likeness (QED) is 0.907. The molecular formula is C18H19FN2O3S. The van der Waals surface area contributed by atoms with Gasteiger partial charge in [-0.05, 0) is 54.8 Å². The van der Waals surface area contributed by atoms with Gasteiger partial charge in [-0.25, -0.2) is 12.8 Å². The summed E-state index contributed by atoms with van der Waals surface area (Å²) in [5.74, 6) is -0.559. The van der Waals surface area contributed by atoms with Gasteiger partial charge in [0.25, 0.3) is 0 Å². The minimum Gasteiger partial charge on any atom is -0.326 e. The molecule has 0 unspecified atom stereocenters. The number of rotatable bonds is 4. The average Bonchev–Trinajstić information content (AvgIpc) is 3.06. The van der Waals surface area contributed by atoms with Gasteiger partial charge < -0.3 is 5.32 Å². The van der Waals surface area contributed by atoms with E-state index in [0.29, 0.717) is 18.7 Å². The van der Waals surface area contributed by atoms with Crippen LogP contribution in [0.1, 0.15) is 31.4 Å². The molecule has 0 saturated carbocycles. The molecule has 132 valence electrons. The van der Waals surface area contributed by atoms with Crippen molar-refractivity contribution < 1.29 is 17.6 Å². The summed E-state index contributed by atoms with van der Waals surface area (Å²) in [5.41, 5.74) is 1.33. The standard InChI is InChI=1S/C18H19FN2O3S/c1-13(22)20-16-8-10-17(11-9-16)25(23,24)21-12-2-3-18(21)14-4-6-15(19)7-5-14/h4-11,18H,2-3,12H2,1H3,(H,20,22)/t18-/m1/s1. The van der Waals surface area contributed by atoms with Gasteiger partial charge in [-0.1, -0.05) is 12.1 Å². The summed E-state index contributed by atoms with van der Waals surface area (Å²) >= 11 is 0. The molecule has 1 aliphatic heterocycles. The van der Waals surface area contributed by atoms with Crippen molar-refractivity contribution in [3.05, 3.63) is 59.9 Å². The Bertz CT molecular complexity index is 864. The maximum atomic E-state index is 13.1. The Hall–Kier alpha value is -2.25. The Kier molecular flexibility index (Phi) is 4.87. The molecule has 1 atom stereocenters. The predicted octanol–water partition coefficient (Wildman–Crippen LogP) is 3.31. The Morgan fingerprint density at radius 2 is 1.76 bits per heavy atom. The molecule has 0 spiro atoms. The molecule has 2 aromatic rings. The zero-order valence-corrected chi connectivity index (χ0v) is 14.6. The largest absolute Gasteiger partial charge is 0.326 e. The second kappa shape index (κ2) is 6.93. The summed E-state index contributed by atoms with van der Waals surface area (Å²) in [6.07, 6.45) is 1.46. The fourth-order valence-corrected chi connectivity index (χ4v) is 4.78. The molecule has 0 bridgehead atoms. The first kappa shape index (κ1) is 17.6. The number of carbonyl (C=O) groups excluding carboxylic acids is 1. The molecule has 2 aromatic carbocycles. The molecule has 1 saturated heterocycles. The lowest BCUT2D eigenvalue weighted by atomic mass is 10.1. The Morgan fingerprint density at radius 3 is 2.36 bits per heavy atom. The van der Waals surface area contributed by atoms with E-state index in [9.17, 15) is 17.6 Å². The SMILES string of the molecule is CC(=O)Nc1ccc(S(=O)(=O)N2CCC[C@@H]2c2ccc(F)cc2)cc1. The first-order valence-corrected chi connectivity index (χ1v) is 9.47. The van der Waals surface area contributed by atoms with Gasteiger partial charge in [0, 0.05) is 19.2 Å². The van der Waals surface area contributed by atoms with Crippen molar-refractivity contribution in [2.24, 2.45) is 0 Å². The van der Waals surface area contributed by atoms with Crippen LogP contribution in [0.3, 0.4) is 0 Å². The highest BCUT2D eigenvalue weighted by Crippen LogP contribution is 2.36. The molecule has 25 heavy (non-hydrogen) atoms. The van der Waals surface area contributed by atoms with Crippen LogP contribution in [0.2, 0.25) is 0 Å². The van der Waals surface area contributed by atoms with Crippen LogP contribution in [0.25, 0.3) is 0 Å². The van der Waals surface area contributed by atoms with Crippen molar-refractivity contribution in [1.82, 2.24) is 4.31 Å². The van der Waals surface area contributed by atoms with Gasteiger partial charge >= 0.3 is 0 Å². The van der Waals surface area contributed by atoms with E-state index in [0.717, 1.165) is 12.0 Å². The van der Waals surface area contributed by atoms with Crippen LogP contribution in [-0.4, -0.2) is 25.2 Å². The van der Waals surface area contributed by atoms with Gasteiger partial charge in [0.15, 0.2) is 0 Å². The fourth-order valence-electron chi connectivity index (χ4n) is 3.09. The van der Waals surface area contributed by atoms with E-state index in [1.807, 2.05) is 0 Å². The van der Waals surface area contributed by atoms with Gasteiger partial charge in [-0.3, -0.25) is 4.79 Å². The maximum absolute atomic E-state index is 13.1. The Labute approximate surface area is 146 Å². The lowest BCUT2D eigenvalue weighted by molar-refractivity contribution is -0.114. The van der Waals surface area contributed by atoms with Gasteiger partial charge in [-0.15, -0.1) is 0 Å². The van der Waals surface area contributed by atoms with Crippen LogP contribution in [0.15, 0.2) is 53.4 Å². The number of nitrogens with zero attached hydrogens (tertiary/aromatic N) is 1. The summed E-state index contributed by atoms with van der Waals surface area (Å²) in [6, 6.07) is 11.8. The monoisotopic (exact) mass is 362 g/mol.